The molecule has 0 aromatic heterocycles. The zero-order valence-corrected chi connectivity index (χ0v) is 7.65. The topological polar surface area (TPSA) is 74.6 Å². The predicted molar refractivity (Wildman–Crippen MR) is 43.0 cm³/mol. The number of hydrogen-bond acceptors (Lipinski definition) is 4. The molecule has 66 valence electrons. The van der Waals surface area contributed by atoms with E-state index in [0.29, 0.717) is 5.75 Å². The lowest BCUT2D eigenvalue weighted by atomic mass is 10.2. The van der Waals surface area contributed by atoms with Gasteiger partial charge in [0.1, 0.15) is 0 Å². The van der Waals surface area contributed by atoms with Gasteiger partial charge in [0.2, 0.25) is 4.93 Å². The van der Waals surface area contributed by atoms with Crippen LogP contribution in [-0.4, -0.2) is 34.0 Å². The van der Waals surface area contributed by atoms with Crippen molar-refractivity contribution < 1.29 is 18.1 Å². The third kappa shape index (κ3) is 1.40. The molecule has 6 heteroatoms. The van der Waals surface area contributed by atoms with Crippen LogP contribution in [0.3, 0.4) is 0 Å². The highest BCUT2D eigenvalue weighted by molar-refractivity contribution is 8.01. The van der Waals surface area contributed by atoms with Gasteiger partial charge in [0, 0.05) is 11.7 Å². The van der Waals surface area contributed by atoms with Gasteiger partial charge in [-0.1, -0.05) is 0 Å². The van der Waals surface area contributed by atoms with Crippen LogP contribution >= 0.6 is 11.8 Å². The van der Waals surface area contributed by atoms with Crippen LogP contribution in [0.15, 0.2) is 0 Å². The van der Waals surface area contributed by atoms with Gasteiger partial charge in [-0.2, -0.15) is 20.2 Å². The maximum Gasteiger partial charge on any atom is 0.296 e. The third-order valence-electron chi connectivity index (χ3n) is 1.91. The average Bonchev–Trinajstić information content (AvgIpc) is 2.12. The molecular weight excluding hydrogens is 188 g/mol. The molecular formula is C5H10O4S2. The van der Waals surface area contributed by atoms with Gasteiger partial charge in [0.05, 0.1) is 0 Å². The van der Waals surface area contributed by atoms with E-state index < -0.39 is 20.3 Å². The van der Waals surface area contributed by atoms with Crippen molar-refractivity contribution in [3.8, 4) is 0 Å². The molecule has 0 bridgehead atoms. The normalized spacial score (nSPS) is 39.4. The summed E-state index contributed by atoms with van der Waals surface area (Å²) in [6, 6.07) is 0. The molecule has 4 nitrogen and oxygen atoms in total. The van der Waals surface area contributed by atoms with Crippen LogP contribution < -0.4 is 0 Å². The molecule has 0 spiro atoms. The average molecular weight is 198 g/mol. The molecule has 1 aliphatic rings. The van der Waals surface area contributed by atoms with Crippen molar-refractivity contribution in [2.75, 3.05) is 5.75 Å². The summed E-state index contributed by atoms with van der Waals surface area (Å²) in [4.78, 5) is -1.92. The van der Waals surface area contributed by atoms with Gasteiger partial charge in [-0.25, -0.2) is 0 Å². The van der Waals surface area contributed by atoms with Gasteiger partial charge in [0.15, 0.2) is 0 Å². The summed E-state index contributed by atoms with van der Waals surface area (Å²) in [6.07, 6.45) is 0.109. The summed E-state index contributed by atoms with van der Waals surface area (Å²) in [6.45, 7) is 1.59. The quantitative estimate of drug-likeness (QED) is 0.584. The molecule has 0 amide bonds. The van der Waals surface area contributed by atoms with E-state index in [0.717, 1.165) is 0 Å². The second-order valence-corrected chi connectivity index (χ2v) is 5.69. The Morgan fingerprint density at radius 2 is 2.18 bits per heavy atom. The van der Waals surface area contributed by atoms with Gasteiger partial charge >= 0.3 is 0 Å². The molecule has 0 saturated carbocycles. The summed E-state index contributed by atoms with van der Waals surface area (Å²) < 4.78 is 30.0. The zero-order valence-electron chi connectivity index (χ0n) is 6.02. The summed E-state index contributed by atoms with van der Waals surface area (Å²) in [5.74, 6) is 0.567. The van der Waals surface area contributed by atoms with Crippen LogP contribution in [0.25, 0.3) is 0 Å². The smallest absolute Gasteiger partial charge is 0.296 e. The van der Waals surface area contributed by atoms with E-state index >= 15 is 0 Å². The van der Waals surface area contributed by atoms with Crippen molar-refractivity contribution in [2.24, 2.45) is 0 Å². The Bertz CT molecular complexity index is 247. The van der Waals surface area contributed by atoms with Crippen LogP contribution in [0.1, 0.15) is 13.3 Å². The molecule has 1 saturated heterocycles. The maximum atomic E-state index is 10.7. The van der Waals surface area contributed by atoms with E-state index in [9.17, 15) is 13.5 Å². The first-order valence-electron chi connectivity index (χ1n) is 3.19. The third-order valence-corrected chi connectivity index (χ3v) is 4.84. The van der Waals surface area contributed by atoms with Crippen molar-refractivity contribution in [3.63, 3.8) is 0 Å². The van der Waals surface area contributed by atoms with Crippen LogP contribution in [0.2, 0.25) is 0 Å². The summed E-state index contributed by atoms with van der Waals surface area (Å²) in [7, 11) is -4.32. The molecule has 0 aromatic carbocycles. The van der Waals surface area contributed by atoms with Crippen LogP contribution in [0, 0.1) is 0 Å². The van der Waals surface area contributed by atoms with Crippen molar-refractivity contribution in [1.29, 1.82) is 0 Å². The largest absolute Gasteiger partial charge is 0.372 e. The molecule has 2 N–H and O–H groups in total. The Morgan fingerprint density at radius 1 is 1.64 bits per heavy atom. The Labute approximate surface area is 69.7 Å². The standard InChI is InChI=1S/C5H10O4S2/c1-4-5(6,2-3-10-4)11(7,8)9/h4,6H,2-3H2,1H3,(H,7,8,9). The number of thioether (sulfide) groups is 1. The van der Waals surface area contributed by atoms with Crippen molar-refractivity contribution in [2.45, 2.75) is 23.5 Å². The lowest BCUT2D eigenvalue weighted by molar-refractivity contribution is 0.118. The van der Waals surface area contributed by atoms with Crippen molar-refractivity contribution >= 4 is 21.9 Å². The highest BCUT2D eigenvalue weighted by Gasteiger charge is 2.49. The van der Waals surface area contributed by atoms with E-state index in [2.05, 4.69) is 0 Å². The monoisotopic (exact) mass is 198 g/mol. The Kier molecular flexibility index (Phi) is 2.21. The molecule has 0 aromatic rings. The highest BCUT2D eigenvalue weighted by atomic mass is 32.2. The predicted octanol–water partition coefficient (Wildman–Crippen LogP) is 0.0882. The van der Waals surface area contributed by atoms with Crippen molar-refractivity contribution in [3.05, 3.63) is 0 Å². The van der Waals surface area contributed by atoms with Crippen molar-refractivity contribution in [1.82, 2.24) is 0 Å². The van der Waals surface area contributed by atoms with Crippen LogP contribution in [-0.2, 0) is 10.1 Å². The molecule has 2 atom stereocenters. The van der Waals surface area contributed by atoms with Gasteiger partial charge in [-0.3, -0.25) is 4.55 Å². The van der Waals surface area contributed by atoms with E-state index in [1.807, 2.05) is 0 Å². The minimum absolute atomic E-state index is 0.109. The second-order valence-electron chi connectivity index (χ2n) is 2.58. The Morgan fingerprint density at radius 3 is 2.36 bits per heavy atom. The molecule has 1 fully saturated rings. The molecule has 1 rings (SSSR count). The van der Waals surface area contributed by atoms with Gasteiger partial charge in [0.25, 0.3) is 10.1 Å². The minimum atomic E-state index is -4.32. The Balaban J connectivity index is 3.00. The maximum absolute atomic E-state index is 10.7. The van der Waals surface area contributed by atoms with E-state index in [4.69, 9.17) is 4.55 Å². The van der Waals surface area contributed by atoms with Gasteiger partial charge in [-0.05, 0) is 12.7 Å². The fourth-order valence-electron chi connectivity index (χ4n) is 1.05. The molecule has 0 aliphatic carbocycles. The Hall–Kier alpha value is 0.220. The minimum Gasteiger partial charge on any atom is -0.372 e. The van der Waals surface area contributed by atoms with Crippen LogP contribution in [0.5, 0.6) is 0 Å². The SMILES string of the molecule is CC1SCCC1(O)S(=O)(=O)O. The highest BCUT2D eigenvalue weighted by Crippen LogP contribution is 2.38. The fourth-order valence-corrected chi connectivity index (χ4v) is 3.69. The molecule has 2 unspecified atom stereocenters. The molecule has 1 heterocycles. The summed E-state index contributed by atoms with van der Waals surface area (Å²) in [5.41, 5.74) is 0. The van der Waals surface area contributed by atoms with E-state index in [1.165, 1.54) is 11.8 Å². The fraction of sp³-hybridized carbons (Fsp3) is 1.00. The van der Waals surface area contributed by atoms with Crippen LogP contribution in [0.4, 0.5) is 0 Å². The first kappa shape index (κ1) is 9.31. The number of aliphatic hydroxyl groups is 1. The van der Waals surface area contributed by atoms with Gasteiger partial charge < -0.3 is 5.11 Å². The first-order chi connectivity index (χ1) is 4.88. The first-order valence-corrected chi connectivity index (χ1v) is 5.68. The number of rotatable bonds is 1. The number of hydrogen-bond donors (Lipinski definition) is 2. The second kappa shape index (κ2) is 2.62. The molecule has 1 aliphatic heterocycles. The lowest BCUT2D eigenvalue weighted by Gasteiger charge is -2.22. The summed E-state index contributed by atoms with van der Waals surface area (Å²) >= 11 is 1.34. The molecule has 11 heavy (non-hydrogen) atoms. The molecule has 0 radical (unpaired) electrons. The van der Waals surface area contributed by atoms with E-state index in [-0.39, 0.29) is 6.42 Å². The lowest BCUT2D eigenvalue weighted by Crippen LogP contribution is -2.42. The summed E-state index contributed by atoms with van der Waals surface area (Å²) in [5, 5.41) is 8.99. The van der Waals surface area contributed by atoms with E-state index in [1.54, 1.807) is 6.92 Å². The van der Waals surface area contributed by atoms with Gasteiger partial charge in [-0.15, -0.1) is 0 Å². The zero-order chi connectivity index (χ0) is 8.70.